The lowest BCUT2D eigenvalue weighted by atomic mass is 10.1. The maximum absolute atomic E-state index is 12.6. The van der Waals surface area contributed by atoms with Gasteiger partial charge in [0.25, 0.3) is 0 Å². The normalized spacial score (nSPS) is 15.9. The Morgan fingerprint density at radius 1 is 1.03 bits per heavy atom. The SMILES string of the molecule is COc1ccc(CCN2C[C@H](C(=O)NCc3ccc(C)c(C)c3)CC2=O)cc1OC. The van der Waals surface area contributed by atoms with Crippen molar-refractivity contribution in [2.45, 2.75) is 33.2 Å². The molecule has 3 rings (SSSR count). The van der Waals surface area contributed by atoms with E-state index in [4.69, 9.17) is 9.47 Å². The number of likely N-dealkylation sites (tertiary alicyclic amines) is 1. The molecule has 1 heterocycles. The van der Waals surface area contributed by atoms with Crippen molar-refractivity contribution in [3.05, 3.63) is 58.7 Å². The average molecular weight is 411 g/mol. The molecule has 30 heavy (non-hydrogen) atoms. The Morgan fingerprint density at radius 3 is 2.47 bits per heavy atom. The van der Waals surface area contributed by atoms with E-state index in [1.54, 1.807) is 19.1 Å². The fraction of sp³-hybridized carbons (Fsp3) is 0.417. The third kappa shape index (κ3) is 5.12. The van der Waals surface area contributed by atoms with Crippen LogP contribution in [0.2, 0.25) is 0 Å². The van der Waals surface area contributed by atoms with Crippen LogP contribution in [0.15, 0.2) is 36.4 Å². The number of nitrogens with zero attached hydrogens (tertiary/aromatic N) is 1. The van der Waals surface area contributed by atoms with Gasteiger partial charge in [-0.3, -0.25) is 9.59 Å². The first-order valence-corrected chi connectivity index (χ1v) is 10.2. The molecule has 1 aliphatic rings. The highest BCUT2D eigenvalue weighted by molar-refractivity contribution is 5.89. The number of rotatable bonds is 8. The molecule has 2 amide bonds. The monoisotopic (exact) mass is 410 g/mol. The molecule has 0 aromatic heterocycles. The quantitative estimate of drug-likeness (QED) is 0.726. The van der Waals surface area contributed by atoms with Gasteiger partial charge in [0.15, 0.2) is 11.5 Å². The third-order valence-electron chi connectivity index (χ3n) is 5.74. The smallest absolute Gasteiger partial charge is 0.225 e. The topological polar surface area (TPSA) is 67.9 Å². The van der Waals surface area contributed by atoms with Crippen molar-refractivity contribution in [2.24, 2.45) is 5.92 Å². The number of ether oxygens (including phenoxy) is 2. The van der Waals surface area contributed by atoms with Gasteiger partial charge in [0.2, 0.25) is 11.8 Å². The van der Waals surface area contributed by atoms with E-state index in [1.165, 1.54) is 11.1 Å². The van der Waals surface area contributed by atoms with E-state index >= 15 is 0 Å². The molecule has 0 aliphatic carbocycles. The van der Waals surface area contributed by atoms with E-state index in [9.17, 15) is 9.59 Å². The van der Waals surface area contributed by atoms with Gasteiger partial charge in [0.1, 0.15) is 0 Å². The van der Waals surface area contributed by atoms with Gasteiger partial charge in [-0.2, -0.15) is 0 Å². The number of amides is 2. The molecular formula is C24H30N2O4. The highest BCUT2D eigenvalue weighted by Gasteiger charge is 2.33. The van der Waals surface area contributed by atoms with Crippen molar-refractivity contribution >= 4 is 11.8 Å². The van der Waals surface area contributed by atoms with Crippen molar-refractivity contribution in [1.29, 1.82) is 0 Å². The zero-order valence-electron chi connectivity index (χ0n) is 18.2. The summed E-state index contributed by atoms with van der Waals surface area (Å²) >= 11 is 0. The number of hydrogen-bond donors (Lipinski definition) is 1. The Labute approximate surface area is 178 Å². The molecule has 1 saturated heterocycles. The predicted octanol–water partition coefficient (Wildman–Crippen LogP) is 3.03. The molecule has 0 spiro atoms. The lowest BCUT2D eigenvalue weighted by molar-refractivity contribution is -0.129. The maximum atomic E-state index is 12.6. The first-order valence-electron chi connectivity index (χ1n) is 10.2. The third-order valence-corrected chi connectivity index (χ3v) is 5.74. The lowest BCUT2D eigenvalue weighted by Crippen LogP contribution is -2.33. The molecule has 6 heteroatoms. The van der Waals surface area contributed by atoms with E-state index < -0.39 is 0 Å². The first-order chi connectivity index (χ1) is 14.4. The van der Waals surface area contributed by atoms with E-state index in [-0.39, 0.29) is 24.2 Å². The fourth-order valence-electron chi connectivity index (χ4n) is 3.71. The summed E-state index contributed by atoms with van der Waals surface area (Å²) in [5.41, 5.74) is 4.57. The number of nitrogens with one attached hydrogen (secondary N) is 1. The molecule has 1 atom stereocenters. The average Bonchev–Trinajstić information content (AvgIpc) is 3.13. The molecular weight excluding hydrogens is 380 g/mol. The van der Waals surface area contributed by atoms with E-state index in [1.807, 2.05) is 24.3 Å². The summed E-state index contributed by atoms with van der Waals surface area (Å²) in [6, 6.07) is 11.9. The van der Waals surface area contributed by atoms with Crippen LogP contribution in [0.25, 0.3) is 0 Å². The predicted molar refractivity (Wildman–Crippen MR) is 116 cm³/mol. The van der Waals surface area contributed by atoms with Crippen LogP contribution in [-0.2, 0) is 22.6 Å². The summed E-state index contributed by atoms with van der Waals surface area (Å²) in [5.74, 6) is 1.02. The Morgan fingerprint density at radius 2 is 1.77 bits per heavy atom. The van der Waals surface area contributed by atoms with E-state index in [0.29, 0.717) is 37.6 Å². The highest BCUT2D eigenvalue weighted by atomic mass is 16.5. The van der Waals surface area contributed by atoms with Crippen molar-refractivity contribution in [3.8, 4) is 11.5 Å². The Hall–Kier alpha value is -3.02. The Kier molecular flexibility index (Phi) is 6.98. The van der Waals surface area contributed by atoms with Crippen LogP contribution in [0.4, 0.5) is 0 Å². The van der Waals surface area contributed by atoms with Gasteiger partial charge in [-0.25, -0.2) is 0 Å². The summed E-state index contributed by atoms with van der Waals surface area (Å²) in [6.07, 6.45) is 0.966. The molecule has 6 nitrogen and oxygen atoms in total. The van der Waals surface area contributed by atoms with Crippen LogP contribution in [0.1, 0.15) is 28.7 Å². The van der Waals surface area contributed by atoms with Gasteiger partial charge in [-0.05, 0) is 54.7 Å². The Bertz CT molecular complexity index is 925. The van der Waals surface area contributed by atoms with E-state index in [0.717, 1.165) is 11.1 Å². The fourth-order valence-corrected chi connectivity index (χ4v) is 3.71. The van der Waals surface area contributed by atoms with E-state index in [2.05, 4.69) is 31.3 Å². The molecule has 1 aliphatic heterocycles. The molecule has 2 aromatic rings. The molecule has 2 aromatic carbocycles. The van der Waals surface area contributed by atoms with Gasteiger partial charge in [-0.1, -0.05) is 24.3 Å². The number of benzene rings is 2. The summed E-state index contributed by atoms with van der Waals surface area (Å²) in [7, 11) is 3.21. The standard InChI is InChI=1S/C24H30N2O4/c1-16-5-6-19(11-17(16)2)14-25-24(28)20-13-23(27)26(15-20)10-9-18-7-8-21(29-3)22(12-18)30-4/h5-8,11-12,20H,9-10,13-15H2,1-4H3,(H,25,28)/t20-/m1/s1. The molecule has 0 radical (unpaired) electrons. The molecule has 1 N–H and O–H groups in total. The number of carbonyl (C=O) groups excluding carboxylic acids is 2. The van der Waals surface area contributed by atoms with Crippen LogP contribution in [0.3, 0.4) is 0 Å². The molecule has 0 saturated carbocycles. The van der Waals surface area contributed by atoms with Crippen molar-refractivity contribution in [3.63, 3.8) is 0 Å². The van der Waals surface area contributed by atoms with Gasteiger partial charge in [0, 0.05) is 26.1 Å². The van der Waals surface area contributed by atoms with Gasteiger partial charge < -0.3 is 19.7 Å². The molecule has 0 bridgehead atoms. The van der Waals surface area contributed by atoms with Crippen LogP contribution >= 0.6 is 0 Å². The highest BCUT2D eigenvalue weighted by Crippen LogP contribution is 2.28. The van der Waals surface area contributed by atoms with Crippen LogP contribution < -0.4 is 14.8 Å². The largest absolute Gasteiger partial charge is 0.493 e. The van der Waals surface area contributed by atoms with Gasteiger partial charge in [-0.15, -0.1) is 0 Å². The van der Waals surface area contributed by atoms with Crippen molar-refractivity contribution in [2.75, 3.05) is 27.3 Å². The van der Waals surface area contributed by atoms with Crippen molar-refractivity contribution in [1.82, 2.24) is 10.2 Å². The molecule has 160 valence electrons. The first kappa shape index (κ1) is 21.7. The second kappa shape index (κ2) is 9.65. The number of hydrogen-bond acceptors (Lipinski definition) is 4. The minimum absolute atomic E-state index is 0.0295. The summed E-state index contributed by atoms with van der Waals surface area (Å²) in [4.78, 5) is 26.7. The summed E-state index contributed by atoms with van der Waals surface area (Å²) in [6.45, 7) is 5.65. The minimum Gasteiger partial charge on any atom is -0.493 e. The Balaban J connectivity index is 1.51. The minimum atomic E-state index is -0.297. The number of methoxy groups -OCH3 is 2. The zero-order chi connectivity index (χ0) is 21.7. The second-order valence-electron chi connectivity index (χ2n) is 7.82. The lowest BCUT2D eigenvalue weighted by Gasteiger charge is -2.17. The second-order valence-corrected chi connectivity index (χ2v) is 7.82. The number of aryl methyl sites for hydroxylation is 2. The van der Waals surface area contributed by atoms with Gasteiger partial charge in [0.05, 0.1) is 20.1 Å². The summed E-state index contributed by atoms with van der Waals surface area (Å²) in [5, 5.41) is 2.98. The van der Waals surface area contributed by atoms with Gasteiger partial charge >= 0.3 is 0 Å². The van der Waals surface area contributed by atoms with Crippen LogP contribution in [0, 0.1) is 19.8 Å². The zero-order valence-corrected chi connectivity index (χ0v) is 18.2. The van der Waals surface area contributed by atoms with Crippen molar-refractivity contribution < 1.29 is 19.1 Å². The van der Waals surface area contributed by atoms with Crippen LogP contribution in [0.5, 0.6) is 11.5 Å². The summed E-state index contributed by atoms with van der Waals surface area (Å²) < 4.78 is 10.6. The van der Waals surface area contributed by atoms with Crippen LogP contribution in [-0.4, -0.2) is 44.0 Å². The molecule has 0 unspecified atom stereocenters. The molecule has 1 fully saturated rings. The number of carbonyl (C=O) groups is 2. The maximum Gasteiger partial charge on any atom is 0.225 e.